The predicted octanol–water partition coefficient (Wildman–Crippen LogP) is 1.58. The largest absolute Gasteiger partial charge is 0.481 e. The molecule has 1 aromatic carbocycles. The molecule has 0 saturated carbocycles. The van der Waals surface area contributed by atoms with Crippen molar-refractivity contribution in [2.45, 2.75) is 13.3 Å². The van der Waals surface area contributed by atoms with Crippen LogP contribution in [0.25, 0.3) is 0 Å². The molecule has 1 aromatic rings. The highest BCUT2D eigenvalue weighted by atomic mass is 32.2. The van der Waals surface area contributed by atoms with Crippen LogP contribution in [0.3, 0.4) is 0 Å². The van der Waals surface area contributed by atoms with Crippen LogP contribution < -0.4 is 10.6 Å². The molecule has 0 aliphatic heterocycles. The van der Waals surface area contributed by atoms with E-state index in [-0.39, 0.29) is 23.3 Å². The van der Waals surface area contributed by atoms with Crippen LogP contribution in [0.5, 0.6) is 0 Å². The minimum atomic E-state index is -0.966. The molecule has 21 heavy (non-hydrogen) atoms. The fourth-order valence-corrected chi connectivity index (χ4v) is 2.08. The minimum absolute atomic E-state index is 0.0250. The normalized spacial score (nSPS) is 9.95. The number of rotatable bonds is 8. The van der Waals surface area contributed by atoms with E-state index in [9.17, 15) is 14.4 Å². The SMILES string of the molecule is CCCNC(=O)c1ccccc1NC(=O)CSCC(=O)O. The first-order chi connectivity index (χ1) is 10.0. The van der Waals surface area contributed by atoms with Gasteiger partial charge in [0.1, 0.15) is 0 Å². The summed E-state index contributed by atoms with van der Waals surface area (Å²) in [6.45, 7) is 2.52. The van der Waals surface area contributed by atoms with E-state index >= 15 is 0 Å². The fraction of sp³-hybridized carbons (Fsp3) is 0.357. The van der Waals surface area contributed by atoms with E-state index in [4.69, 9.17) is 5.11 Å². The average Bonchev–Trinajstić information content (AvgIpc) is 2.45. The maximum atomic E-state index is 12.0. The van der Waals surface area contributed by atoms with Crippen molar-refractivity contribution < 1.29 is 19.5 Å². The molecule has 0 atom stereocenters. The zero-order valence-corrected chi connectivity index (χ0v) is 12.5. The van der Waals surface area contributed by atoms with E-state index in [1.807, 2.05) is 6.92 Å². The summed E-state index contributed by atoms with van der Waals surface area (Å²) >= 11 is 1.00. The highest BCUT2D eigenvalue weighted by Gasteiger charge is 2.12. The summed E-state index contributed by atoms with van der Waals surface area (Å²) in [5.41, 5.74) is 0.814. The molecule has 2 amide bonds. The monoisotopic (exact) mass is 310 g/mol. The van der Waals surface area contributed by atoms with Crippen LogP contribution in [-0.4, -0.2) is 40.9 Å². The zero-order valence-electron chi connectivity index (χ0n) is 11.7. The van der Waals surface area contributed by atoms with Gasteiger partial charge in [0.25, 0.3) is 5.91 Å². The summed E-state index contributed by atoms with van der Waals surface area (Å²) in [6, 6.07) is 6.71. The van der Waals surface area contributed by atoms with E-state index in [1.54, 1.807) is 24.3 Å². The van der Waals surface area contributed by atoms with E-state index in [0.29, 0.717) is 17.8 Å². The summed E-state index contributed by atoms with van der Waals surface area (Å²) in [7, 11) is 0. The molecular weight excluding hydrogens is 292 g/mol. The van der Waals surface area contributed by atoms with E-state index in [2.05, 4.69) is 10.6 Å². The lowest BCUT2D eigenvalue weighted by atomic mass is 10.1. The number of benzene rings is 1. The quantitative estimate of drug-likeness (QED) is 0.677. The van der Waals surface area contributed by atoms with Crippen molar-refractivity contribution in [1.29, 1.82) is 0 Å². The molecule has 0 aromatic heterocycles. The van der Waals surface area contributed by atoms with Crippen molar-refractivity contribution in [3.63, 3.8) is 0 Å². The Hall–Kier alpha value is -2.02. The lowest BCUT2D eigenvalue weighted by molar-refractivity contribution is -0.133. The Balaban J connectivity index is 2.64. The Morgan fingerprint density at radius 2 is 1.90 bits per heavy atom. The first kappa shape index (κ1) is 17.0. The molecule has 0 fully saturated rings. The molecule has 3 N–H and O–H groups in total. The molecule has 0 aliphatic rings. The zero-order chi connectivity index (χ0) is 15.7. The van der Waals surface area contributed by atoms with E-state index < -0.39 is 5.97 Å². The molecule has 0 unspecified atom stereocenters. The number of aliphatic carboxylic acids is 1. The number of hydrogen-bond donors (Lipinski definition) is 3. The van der Waals surface area contributed by atoms with Gasteiger partial charge in [-0.3, -0.25) is 14.4 Å². The number of carbonyl (C=O) groups is 3. The maximum absolute atomic E-state index is 12.0. The third-order valence-electron chi connectivity index (χ3n) is 2.44. The lowest BCUT2D eigenvalue weighted by Gasteiger charge is -2.10. The van der Waals surface area contributed by atoms with Gasteiger partial charge in [-0.1, -0.05) is 19.1 Å². The third kappa shape index (κ3) is 6.31. The second-order valence-electron chi connectivity index (χ2n) is 4.24. The molecule has 1 rings (SSSR count). The standard InChI is InChI=1S/C14H18N2O4S/c1-2-7-15-14(20)10-5-3-4-6-11(10)16-12(17)8-21-9-13(18)19/h3-6H,2,7-9H2,1H3,(H,15,20)(H,16,17)(H,18,19). The van der Waals surface area contributed by atoms with Gasteiger partial charge in [-0.25, -0.2) is 0 Å². The van der Waals surface area contributed by atoms with Gasteiger partial charge in [0.15, 0.2) is 0 Å². The predicted molar refractivity (Wildman–Crippen MR) is 82.7 cm³/mol. The number of anilines is 1. The first-order valence-corrected chi connectivity index (χ1v) is 7.66. The molecule has 6 nitrogen and oxygen atoms in total. The summed E-state index contributed by atoms with van der Waals surface area (Å²) in [6.07, 6.45) is 0.825. The number of carboxylic acid groups (broad SMARTS) is 1. The molecule has 114 valence electrons. The van der Waals surface area contributed by atoms with Crippen LogP contribution in [0.1, 0.15) is 23.7 Å². The van der Waals surface area contributed by atoms with Crippen LogP contribution in [0.15, 0.2) is 24.3 Å². The molecule has 0 heterocycles. The average molecular weight is 310 g/mol. The first-order valence-electron chi connectivity index (χ1n) is 6.51. The second-order valence-corrected chi connectivity index (χ2v) is 5.22. The van der Waals surface area contributed by atoms with Crippen molar-refractivity contribution in [3.05, 3.63) is 29.8 Å². The van der Waals surface area contributed by atoms with E-state index in [0.717, 1.165) is 18.2 Å². The summed E-state index contributed by atoms with van der Waals surface area (Å²) < 4.78 is 0. The van der Waals surface area contributed by atoms with Gasteiger partial charge < -0.3 is 15.7 Å². The van der Waals surface area contributed by atoms with Crippen molar-refractivity contribution >= 4 is 35.2 Å². The molecule has 0 spiro atoms. The minimum Gasteiger partial charge on any atom is -0.481 e. The smallest absolute Gasteiger partial charge is 0.313 e. The lowest BCUT2D eigenvalue weighted by Crippen LogP contribution is -2.26. The number of amides is 2. The summed E-state index contributed by atoms with van der Waals surface area (Å²) in [5, 5.41) is 13.9. The van der Waals surface area contributed by atoms with Gasteiger partial charge in [0.05, 0.1) is 22.8 Å². The van der Waals surface area contributed by atoms with Crippen LogP contribution in [0.2, 0.25) is 0 Å². The Bertz CT molecular complexity index is 519. The third-order valence-corrected chi connectivity index (χ3v) is 3.36. The van der Waals surface area contributed by atoms with Crippen LogP contribution in [-0.2, 0) is 9.59 Å². The van der Waals surface area contributed by atoms with Crippen LogP contribution >= 0.6 is 11.8 Å². The number of thioether (sulfide) groups is 1. The Morgan fingerprint density at radius 3 is 2.57 bits per heavy atom. The molecule has 7 heteroatoms. The highest BCUT2D eigenvalue weighted by Crippen LogP contribution is 2.15. The number of nitrogens with one attached hydrogen (secondary N) is 2. The second kappa shape index (κ2) is 9.02. The van der Waals surface area contributed by atoms with Crippen LogP contribution in [0.4, 0.5) is 5.69 Å². The Kier molecular flexibility index (Phi) is 7.31. The molecule has 0 bridgehead atoms. The van der Waals surface area contributed by atoms with Crippen molar-refractivity contribution in [2.75, 3.05) is 23.4 Å². The number of carbonyl (C=O) groups excluding carboxylic acids is 2. The highest BCUT2D eigenvalue weighted by molar-refractivity contribution is 8.00. The number of carboxylic acids is 1. The number of hydrogen-bond acceptors (Lipinski definition) is 4. The molecule has 0 radical (unpaired) electrons. The molecule has 0 saturated heterocycles. The van der Waals surface area contributed by atoms with Crippen molar-refractivity contribution in [1.82, 2.24) is 5.32 Å². The van der Waals surface area contributed by atoms with Crippen molar-refractivity contribution in [3.8, 4) is 0 Å². The Morgan fingerprint density at radius 1 is 1.19 bits per heavy atom. The Labute approximate surface area is 127 Å². The molecule has 0 aliphatic carbocycles. The molecular formula is C14H18N2O4S. The van der Waals surface area contributed by atoms with Gasteiger partial charge in [0.2, 0.25) is 5.91 Å². The maximum Gasteiger partial charge on any atom is 0.313 e. The van der Waals surface area contributed by atoms with Gasteiger partial charge in [-0.2, -0.15) is 0 Å². The van der Waals surface area contributed by atoms with Gasteiger partial charge >= 0.3 is 5.97 Å². The summed E-state index contributed by atoms with van der Waals surface area (Å²) in [5.74, 6) is -1.65. The van der Waals surface area contributed by atoms with Crippen LogP contribution in [0, 0.1) is 0 Å². The van der Waals surface area contributed by atoms with Gasteiger partial charge in [-0.05, 0) is 18.6 Å². The van der Waals surface area contributed by atoms with Gasteiger partial charge in [0, 0.05) is 6.54 Å². The van der Waals surface area contributed by atoms with E-state index in [1.165, 1.54) is 0 Å². The topological polar surface area (TPSA) is 95.5 Å². The van der Waals surface area contributed by atoms with Crippen molar-refractivity contribution in [2.24, 2.45) is 0 Å². The van der Waals surface area contributed by atoms with Gasteiger partial charge in [-0.15, -0.1) is 11.8 Å². The fourth-order valence-electron chi connectivity index (χ4n) is 1.54. The number of para-hydroxylation sites is 1. The summed E-state index contributed by atoms with van der Waals surface area (Å²) in [4.78, 5) is 34.1.